The molecule has 2 aliphatic rings. The van der Waals surface area contributed by atoms with Gasteiger partial charge in [0.15, 0.2) is 0 Å². The molecule has 0 unspecified atom stereocenters. The average Bonchev–Trinajstić information content (AvgIpc) is 3.39. The first-order valence-corrected chi connectivity index (χ1v) is 9.38. The van der Waals surface area contributed by atoms with Gasteiger partial charge in [0.25, 0.3) is 5.91 Å². The molecule has 2 aromatic heterocycles. The van der Waals surface area contributed by atoms with E-state index in [4.69, 9.17) is 4.42 Å². The van der Waals surface area contributed by atoms with Crippen LogP contribution in [0.4, 0.5) is 10.1 Å². The summed E-state index contributed by atoms with van der Waals surface area (Å²) < 4.78 is 20.4. The molecule has 0 saturated carbocycles. The Morgan fingerprint density at radius 2 is 2.11 bits per heavy atom. The van der Waals surface area contributed by atoms with Crippen LogP contribution in [-0.2, 0) is 19.5 Å². The van der Waals surface area contributed by atoms with Gasteiger partial charge in [-0.2, -0.15) is 0 Å². The number of nitrogens with zero attached hydrogens (tertiary/aromatic N) is 4. The van der Waals surface area contributed by atoms with Crippen molar-refractivity contribution < 1.29 is 13.6 Å². The van der Waals surface area contributed by atoms with Crippen molar-refractivity contribution in [2.45, 2.75) is 19.5 Å². The van der Waals surface area contributed by atoms with E-state index >= 15 is 0 Å². The normalized spacial score (nSPS) is 21.3. The van der Waals surface area contributed by atoms with Crippen molar-refractivity contribution in [1.82, 2.24) is 19.7 Å². The molecule has 0 bridgehead atoms. The molecule has 1 N–H and O–H groups in total. The Labute approximate surface area is 161 Å². The number of hydrogen-bond acceptors (Lipinski definition) is 5. The molecule has 1 saturated heterocycles. The number of aromatic nitrogens is 3. The maximum Gasteiger partial charge on any atom is 0.293 e. The third-order valence-electron chi connectivity index (χ3n) is 5.61. The number of carbonyl (C=O) groups is 1. The monoisotopic (exact) mass is 381 g/mol. The summed E-state index contributed by atoms with van der Waals surface area (Å²) in [6.07, 6.45) is 4.29. The molecule has 8 heteroatoms. The van der Waals surface area contributed by atoms with E-state index in [1.807, 2.05) is 10.6 Å². The highest BCUT2D eigenvalue weighted by molar-refractivity contribution is 6.01. The number of hydrogen-bond donors (Lipinski definition) is 1. The Kier molecular flexibility index (Phi) is 4.20. The number of nitrogens with one attached hydrogen (secondary N) is 1. The van der Waals surface area contributed by atoms with Crippen molar-refractivity contribution >= 4 is 11.6 Å². The van der Waals surface area contributed by atoms with Gasteiger partial charge in [-0.25, -0.2) is 4.39 Å². The lowest BCUT2D eigenvalue weighted by Gasteiger charge is -2.25. The number of furan rings is 1. The van der Waals surface area contributed by atoms with E-state index < -0.39 is 5.82 Å². The first-order valence-electron chi connectivity index (χ1n) is 9.38. The number of fused-ring (bicyclic) bond motifs is 2. The van der Waals surface area contributed by atoms with E-state index in [-0.39, 0.29) is 11.7 Å². The largest absolute Gasteiger partial charge is 0.472 e. The fourth-order valence-electron chi connectivity index (χ4n) is 4.31. The van der Waals surface area contributed by atoms with E-state index in [1.54, 1.807) is 24.7 Å². The van der Waals surface area contributed by atoms with Crippen LogP contribution in [0.5, 0.6) is 0 Å². The molecular formula is C20H20FN5O2. The maximum absolute atomic E-state index is 13.4. The molecule has 5 rings (SSSR count). The molecule has 1 aromatic carbocycles. The molecule has 1 amide bonds. The molecule has 28 heavy (non-hydrogen) atoms. The summed E-state index contributed by atoms with van der Waals surface area (Å²) in [5.41, 5.74) is 1.58. The van der Waals surface area contributed by atoms with Crippen molar-refractivity contribution in [3.63, 3.8) is 0 Å². The Morgan fingerprint density at radius 3 is 2.93 bits per heavy atom. The van der Waals surface area contributed by atoms with Gasteiger partial charge in [-0.1, -0.05) is 6.07 Å². The SMILES string of the molecule is O=C(Nc1cccc(F)c1)c1nnc2n1C[C@@H]1CN(Cc3ccoc3)C[C@H]1C2. The lowest BCUT2D eigenvalue weighted by molar-refractivity contribution is 0.100. The topological polar surface area (TPSA) is 76.2 Å². The van der Waals surface area contributed by atoms with Gasteiger partial charge in [0.2, 0.25) is 5.82 Å². The number of carbonyl (C=O) groups excluding carboxylic acids is 1. The highest BCUT2D eigenvalue weighted by Crippen LogP contribution is 2.33. The molecule has 0 radical (unpaired) electrons. The van der Waals surface area contributed by atoms with Crippen molar-refractivity contribution in [1.29, 1.82) is 0 Å². The molecule has 2 atom stereocenters. The van der Waals surface area contributed by atoms with Crippen LogP contribution in [0.25, 0.3) is 0 Å². The smallest absolute Gasteiger partial charge is 0.293 e. The summed E-state index contributed by atoms with van der Waals surface area (Å²) in [7, 11) is 0. The second-order valence-corrected chi connectivity index (χ2v) is 7.56. The lowest BCUT2D eigenvalue weighted by atomic mass is 9.89. The lowest BCUT2D eigenvalue weighted by Crippen LogP contribution is -2.31. The quantitative estimate of drug-likeness (QED) is 0.752. The zero-order valence-corrected chi connectivity index (χ0v) is 15.2. The number of anilines is 1. The average molecular weight is 381 g/mol. The van der Waals surface area contributed by atoms with Gasteiger partial charge in [0, 0.05) is 43.9 Å². The third kappa shape index (κ3) is 3.20. The van der Waals surface area contributed by atoms with Gasteiger partial charge in [0.1, 0.15) is 11.6 Å². The molecule has 0 spiro atoms. The van der Waals surface area contributed by atoms with Gasteiger partial charge in [-0.05, 0) is 36.1 Å². The first-order chi connectivity index (χ1) is 13.7. The highest BCUT2D eigenvalue weighted by Gasteiger charge is 2.39. The predicted molar refractivity (Wildman–Crippen MR) is 99.0 cm³/mol. The van der Waals surface area contributed by atoms with Gasteiger partial charge in [-0.3, -0.25) is 9.69 Å². The molecule has 1 fully saturated rings. The van der Waals surface area contributed by atoms with E-state index in [1.165, 1.54) is 17.7 Å². The predicted octanol–water partition coefficient (Wildman–Crippen LogP) is 2.57. The summed E-state index contributed by atoms with van der Waals surface area (Å²) in [4.78, 5) is 15.1. The Bertz CT molecular complexity index is 1000. The zero-order chi connectivity index (χ0) is 19.1. The van der Waals surface area contributed by atoms with E-state index in [0.717, 1.165) is 38.4 Å². The molecule has 2 aliphatic heterocycles. The second-order valence-electron chi connectivity index (χ2n) is 7.56. The van der Waals surface area contributed by atoms with Crippen molar-refractivity contribution in [2.75, 3.05) is 18.4 Å². The van der Waals surface area contributed by atoms with Crippen molar-refractivity contribution in [3.8, 4) is 0 Å². The first kappa shape index (κ1) is 17.1. The van der Waals surface area contributed by atoms with Gasteiger partial charge >= 0.3 is 0 Å². The number of halogens is 1. The molecular weight excluding hydrogens is 361 g/mol. The minimum absolute atomic E-state index is 0.283. The molecule has 0 aliphatic carbocycles. The van der Waals surface area contributed by atoms with Crippen LogP contribution >= 0.6 is 0 Å². The summed E-state index contributed by atoms with van der Waals surface area (Å²) >= 11 is 0. The molecule has 4 heterocycles. The number of rotatable bonds is 4. The van der Waals surface area contributed by atoms with Gasteiger partial charge in [-0.15, -0.1) is 10.2 Å². The minimum Gasteiger partial charge on any atom is -0.472 e. The third-order valence-corrected chi connectivity index (χ3v) is 5.61. The van der Waals surface area contributed by atoms with Gasteiger partial charge < -0.3 is 14.3 Å². The molecule has 3 aromatic rings. The van der Waals surface area contributed by atoms with Gasteiger partial charge in [0.05, 0.1) is 12.5 Å². The number of likely N-dealkylation sites (tertiary alicyclic amines) is 1. The van der Waals surface area contributed by atoms with Crippen LogP contribution in [0.3, 0.4) is 0 Å². The Morgan fingerprint density at radius 1 is 1.21 bits per heavy atom. The number of benzene rings is 1. The van der Waals surface area contributed by atoms with Crippen LogP contribution in [0.2, 0.25) is 0 Å². The summed E-state index contributed by atoms with van der Waals surface area (Å²) in [6, 6.07) is 7.82. The van der Waals surface area contributed by atoms with E-state index in [9.17, 15) is 9.18 Å². The fourth-order valence-corrected chi connectivity index (χ4v) is 4.31. The number of amides is 1. The van der Waals surface area contributed by atoms with Crippen LogP contribution < -0.4 is 5.32 Å². The summed E-state index contributed by atoms with van der Waals surface area (Å²) in [5, 5.41) is 11.1. The second kappa shape index (κ2) is 6.87. The summed E-state index contributed by atoms with van der Waals surface area (Å²) in [5.74, 6) is 1.34. The standard InChI is InChI=1S/C20H20FN5O2/c21-16-2-1-3-17(7-16)22-20(27)19-24-23-18-6-14-9-25(8-13-4-5-28-12-13)10-15(14)11-26(18)19/h1-5,7,12,14-15H,6,8-11H2,(H,22,27)/t14-,15+/m1/s1. The molecule has 144 valence electrons. The summed E-state index contributed by atoms with van der Waals surface area (Å²) in [6.45, 7) is 3.57. The minimum atomic E-state index is -0.396. The maximum atomic E-state index is 13.4. The fraction of sp³-hybridized carbons (Fsp3) is 0.350. The zero-order valence-electron chi connectivity index (χ0n) is 15.2. The highest BCUT2D eigenvalue weighted by atomic mass is 19.1. The Balaban J connectivity index is 1.29. The van der Waals surface area contributed by atoms with Crippen LogP contribution in [0.1, 0.15) is 22.0 Å². The molecule has 7 nitrogen and oxygen atoms in total. The van der Waals surface area contributed by atoms with E-state index in [2.05, 4.69) is 20.4 Å². The van der Waals surface area contributed by atoms with E-state index in [0.29, 0.717) is 17.5 Å². The van der Waals surface area contributed by atoms with Crippen LogP contribution in [0.15, 0.2) is 47.3 Å². The van der Waals surface area contributed by atoms with Crippen molar-refractivity contribution in [3.05, 3.63) is 65.9 Å². The van der Waals surface area contributed by atoms with Crippen LogP contribution in [-0.4, -0.2) is 38.7 Å². The van der Waals surface area contributed by atoms with Crippen LogP contribution in [0, 0.1) is 17.7 Å². The Hall–Kier alpha value is -3.00. The van der Waals surface area contributed by atoms with Crippen molar-refractivity contribution in [2.24, 2.45) is 11.8 Å².